The SMILES string of the molecule is O=C(Cc1ccccc1Cl)N1CCC(COCc2ccccc2)CC1. The van der Waals surface area contributed by atoms with Crippen LogP contribution in [0.3, 0.4) is 0 Å². The Kier molecular flexibility index (Phi) is 6.48. The van der Waals surface area contributed by atoms with Gasteiger partial charge in [-0.05, 0) is 36.0 Å². The van der Waals surface area contributed by atoms with E-state index in [2.05, 4.69) is 12.1 Å². The first-order valence-corrected chi connectivity index (χ1v) is 9.23. The van der Waals surface area contributed by atoms with Crippen LogP contribution in [0.2, 0.25) is 5.02 Å². The molecular weight excluding hydrogens is 334 g/mol. The zero-order valence-corrected chi connectivity index (χ0v) is 15.1. The minimum atomic E-state index is 0.164. The van der Waals surface area contributed by atoms with Crippen molar-refractivity contribution in [3.05, 3.63) is 70.7 Å². The molecule has 25 heavy (non-hydrogen) atoms. The van der Waals surface area contributed by atoms with E-state index < -0.39 is 0 Å². The number of likely N-dealkylation sites (tertiary alicyclic amines) is 1. The molecule has 1 saturated heterocycles. The van der Waals surface area contributed by atoms with E-state index in [1.54, 1.807) is 0 Å². The molecule has 0 N–H and O–H groups in total. The lowest BCUT2D eigenvalue weighted by molar-refractivity contribution is -0.132. The van der Waals surface area contributed by atoms with Gasteiger partial charge in [-0.15, -0.1) is 0 Å². The molecule has 2 aromatic rings. The van der Waals surface area contributed by atoms with Crippen LogP contribution in [0.15, 0.2) is 54.6 Å². The molecule has 1 amide bonds. The van der Waals surface area contributed by atoms with E-state index in [1.807, 2.05) is 47.4 Å². The maximum Gasteiger partial charge on any atom is 0.227 e. The fourth-order valence-corrected chi connectivity index (χ4v) is 3.39. The van der Waals surface area contributed by atoms with E-state index in [1.165, 1.54) is 5.56 Å². The first-order chi connectivity index (χ1) is 12.2. The van der Waals surface area contributed by atoms with Crippen LogP contribution in [0.5, 0.6) is 0 Å². The third kappa shape index (κ3) is 5.32. The van der Waals surface area contributed by atoms with E-state index in [4.69, 9.17) is 16.3 Å². The Morgan fingerprint density at radius 3 is 2.44 bits per heavy atom. The third-order valence-corrected chi connectivity index (χ3v) is 5.10. The van der Waals surface area contributed by atoms with Gasteiger partial charge in [0.2, 0.25) is 5.91 Å². The van der Waals surface area contributed by atoms with Crippen molar-refractivity contribution in [1.29, 1.82) is 0 Å². The fourth-order valence-electron chi connectivity index (χ4n) is 3.18. The van der Waals surface area contributed by atoms with Crippen molar-refractivity contribution in [1.82, 2.24) is 4.90 Å². The number of carbonyl (C=O) groups is 1. The van der Waals surface area contributed by atoms with Crippen LogP contribution in [0.25, 0.3) is 0 Å². The van der Waals surface area contributed by atoms with Gasteiger partial charge in [-0.25, -0.2) is 0 Å². The van der Waals surface area contributed by atoms with Gasteiger partial charge in [0.1, 0.15) is 0 Å². The summed E-state index contributed by atoms with van der Waals surface area (Å²) in [4.78, 5) is 14.4. The number of amides is 1. The minimum Gasteiger partial charge on any atom is -0.376 e. The molecule has 0 spiro atoms. The topological polar surface area (TPSA) is 29.5 Å². The van der Waals surface area contributed by atoms with Crippen LogP contribution in [0.4, 0.5) is 0 Å². The molecule has 1 aliphatic heterocycles. The van der Waals surface area contributed by atoms with Gasteiger partial charge in [0, 0.05) is 24.7 Å². The van der Waals surface area contributed by atoms with Gasteiger partial charge in [0.15, 0.2) is 0 Å². The molecule has 0 unspecified atom stereocenters. The average Bonchev–Trinajstić information content (AvgIpc) is 2.65. The first-order valence-electron chi connectivity index (χ1n) is 8.85. The number of carbonyl (C=O) groups excluding carboxylic acids is 1. The van der Waals surface area contributed by atoms with Crippen LogP contribution in [-0.4, -0.2) is 30.5 Å². The second kappa shape index (κ2) is 9.02. The van der Waals surface area contributed by atoms with Crippen LogP contribution in [-0.2, 0) is 22.6 Å². The van der Waals surface area contributed by atoms with Crippen molar-refractivity contribution in [2.75, 3.05) is 19.7 Å². The summed E-state index contributed by atoms with van der Waals surface area (Å²) in [6, 6.07) is 17.8. The highest BCUT2D eigenvalue weighted by Gasteiger charge is 2.23. The molecule has 1 heterocycles. The molecular formula is C21H24ClNO2. The predicted molar refractivity (Wildman–Crippen MR) is 101 cm³/mol. The summed E-state index contributed by atoms with van der Waals surface area (Å²) < 4.78 is 5.85. The quantitative estimate of drug-likeness (QED) is 0.769. The Morgan fingerprint density at radius 1 is 1.04 bits per heavy atom. The second-order valence-corrected chi connectivity index (χ2v) is 7.00. The van der Waals surface area contributed by atoms with Gasteiger partial charge in [-0.3, -0.25) is 4.79 Å². The molecule has 1 fully saturated rings. The number of halogens is 1. The lowest BCUT2D eigenvalue weighted by Crippen LogP contribution is -2.40. The second-order valence-electron chi connectivity index (χ2n) is 6.59. The van der Waals surface area contributed by atoms with Crippen molar-refractivity contribution in [2.24, 2.45) is 5.92 Å². The van der Waals surface area contributed by atoms with E-state index in [9.17, 15) is 4.79 Å². The Morgan fingerprint density at radius 2 is 1.72 bits per heavy atom. The monoisotopic (exact) mass is 357 g/mol. The molecule has 0 atom stereocenters. The van der Waals surface area contributed by atoms with Crippen LogP contribution < -0.4 is 0 Å². The zero-order valence-electron chi connectivity index (χ0n) is 14.4. The smallest absolute Gasteiger partial charge is 0.227 e. The zero-order chi connectivity index (χ0) is 17.5. The summed E-state index contributed by atoms with van der Waals surface area (Å²) >= 11 is 6.15. The predicted octanol–water partition coefficient (Wildman–Crippen LogP) is 4.34. The first kappa shape index (κ1) is 18.0. The highest BCUT2D eigenvalue weighted by Crippen LogP contribution is 2.21. The normalized spacial score (nSPS) is 15.3. The number of nitrogens with zero attached hydrogens (tertiary/aromatic N) is 1. The molecule has 0 aromatic heterocycles. The number of piperidine rings is 1. The van der Waals surface area contributed by atoms with Crippen molar-refractivity contribution in [2.45, 2.75) is 25.9 Å². The molecule has 3 nitrogen and oxygen atoms in total. The molecule has 1 aliphatic rings. The summed E-state index contributed by atoms with van der Waals surface area (Å²) in [6.45, 7) is 3.04. The lowest BCUT2D eigenvalue weighted by Gasteiger charge is -2.32. The Balaban J connectivity index is 1.39. The van der Waals surface area contributed by atoms with E-state index >= 15 is 0 Å². The maximum absolute atomic E-state index is 12.5. The number of ether oxygens (including phenoxy) is 1. The Labute approximate surface area is 154 Å². The molecule has 2 aromatic carbocycles. The largest absolute Gasteiger partial charge is 0.376 e. The average molecular weight is 358 g/mol. The number of hydrogen-bond donors (Lipinski definition) is 0. The summed E-state index contributed by atoms with van der Waals surface area (Å²) in [5.74, 6) is 0.699. The van der Waals surface area contributed by atoms with Crippen molar-refractivity contribution in [3.8, 4) is 0 Å². The van der Waals surface area contributed by atoms with Crippen LogP contribution >= 0.6 is 11.6 Å². The Hall–Kier alpha value is -1.84. The molecule has 0 aliphatic carbocycles. The van der Waals surface area contributed by atoms with Gasteiger partial charge in [-0.1, -0.05) is 60.1 Å². The van der Waals surface area contributed by atoms with Crippen molar-refractivity contribution >= 4 is 17.5 Å². The molecule has 132 valence electrons. The molecule has 0 bridgehead atoms. The molecule has 4 heteroatoms. The molecule has 3 rings (SSSR count). The van der Waals surface area contributed by atoms with Crippen molar-refractivity contribution < 1.29 is 9.53 Å². The lowest BCUT2D eigenvalue weighted by atomic mass is 9.97. The highest BCUT2D eigenvalue weighted by atomic mass is 35.5. The summed E-state index contributed by atoms with van der Waals surface area (Å²) in [6.07, 6.45) is 2.39. The van der Waals surface area contributed by atoms with Crippen LogP contribution in [0, 0.1) is 5.92 Å². The summed E-state index contributed by atoms with van der Waals surface area (Å²) in [7, 11) is 0. The highest BCUT2D eigenvalue weighted by molar-refractivity contribution is 6.31. The summed E-state index contributed by atoms with van der Waals surface area (Å²) in [5, 5.41) is 0.667. The van der Waals surface area contributed by atoms with E-state index in [0.29, 0.717) is 24.0 Å². The summed E-state index contributed by atoms with van der Waals surface area (Å²) in [5.41, 5.74) is 2.11. The number of benzene rings is 2. The van der Waals surface area contributed by atoms with Gasteiger partial charge in [0.05, 0.1) is 13.0 Å². The number of hydrogen-bond acceptors (Lipinski definition) is 2. The van der Waals surface area contributed by atoms with Gasteiger partial charge >= 0.3 is 0 Å². The van der Waals surface area contributed by atoms with Gasteiger partial charge < -0.3 is 9.64 Å². The van der Waals surface area contributed by atoms with E-state index in [-0.39, 0.29) is 5.91 Å². The maximum atomic E-state index is 12.5. The van der Waals surface area contributed by atoms with Gasteiger partial charge in [-0.2, -0.15) is 0 Å². The third-order valence-electron chi connectivity index (χ3n) is 4.73. The van der Waals surface area contributed by atoms with Crippen molar-refractivity contribution in [3.63, 3.8) is 0 Å². The van der Waals surface area contributed by atoms with E-state index in [0.717, 1.165) is 38.1 Å². The molecule has 0 saturated carbocycles. The number of rotatable bonds is 6. The molecule has 0 radical (unpaired) electrons. The fraction of sp³-hybridized carbons (Fsp3) is 0.381. The minimum absolute atomic E-state index is 0.164. The standard InChI is InChI=1S/C21H24ClNO2/c22-20-9-5-4-8-19(20)14-21(24)23-12-10-18(11-13-23)16-25-15-17-6-2-1-3-7-17/h1-9,18H,10-16H2. The Bertz CT molecular complexity index is 681. The van der Waals surface area contributed by atoms with Crippen LogP contribution in [0.1, 0.15) is 24.0 Å². The van der Waals surface area contributed by atoms with Gasteiger partial charge in [0.25, 0.3) is 0 Å².